The largest absolute Gasteiger partial charge is 0.464 e. The monoisotopic (exact) mass is 411 g/mol. The molecule has 152 valence electrons. The van der Waals surface area contributed by atoms with Gasteiger partial charge in [0.05, 0.1) is 6.61 Å². The summed E-state index contributed by atoms with van der Waals surface area (Å²) in [6.07, 6.45) is 0.350. The normalized spacial score (nSPS) is 11.9. The number of nitrogens with zero attached hydrogens (tertiary/aromatic N) is 2. The van der Waals surface area contributed by atoms with Crippen LogP contribution >= 0.6 is 11.3 Å². The first-order chi connectivity index (χ1) is 14.1. The molecule has 0 aliphatic rings. The number of ether oxygens (including phenoxy) is 1. The van der Waals surface area contributed by atoms with Crippen LogP contribution in [0.2, 0.25) is 0 Å². The standard InChI is InChI=1S/C22H25N3O3S/c1-4-17-18(5-2)24-20(15-11-12-29-13-15)25-21(17)23-16-9-7-14(8-10-16)19(26)22(27)28-6-3/h7-13,19,26H,4-6H2,1-3H3,(H,23,24,25). The number of hydrogen-bond acceptors (Lipinski definition) is 7. The minimum Gasteiger partial charge on any atom is -0.464 e. The van der Waals surface area contributed by atoms with Crippen LogP contribution < -0.4 is 5.32 Å². The highest BCUT2D eigenvalue weighted by atomic mass is 32.1. The molecule has 0 bridgehead atoms. The fourth-order valence-corrected chi connectivity index (χ4v) is 3.70. The topological polar surface area (TPSA) is 84.3 Å². The predicted molar refractivity (Wildman–Crippen MR) is 115 cm³/mol. The first kappa shape index (κ1) is 21.0. The lowest BCUT2D eigenvalue weighted by atomic mass is 10.1. The number of thiophene rings is 1. The van der Waals surface area contributed by atoms with Crippen molar-refractivity contribution < 1.29 is 14.6 Å². The molecule has 0 aliphatic heterocycles. The van der Waals surface area contributed by atoms with E-state index in [0.717, 1.165) is 41.2 Å². The van der Waals surface area contributed by atoms with Gasteiger partial charge < -0.3 is 15.2 Å². The third kappa shape index (κ3) is 4.81. The van der Waals surface area contributed by atoms with Crippen LogP contribution in [-0.2, 0) is 22.4 Å². The molecule has 1 unspecified atom stereocenters. The van der Waals surface area contributed by atoms with Gasteiger partial charge in [-0.05, 0) is 48.9 Å². The summed E-state index contributed by atoms with van der Waals surface area (Å²) in [4.78, 5) is 21.2. The number of aliphatic hydroxyl groups is 1. The Kier molecular flexibility index (Phi) is 6.95. The van der Waals surface area contributed by atoms with Gasteiger partial charge in [-0.3, -0.25) is 0 Å². The zero-order chi connectivity index (χ0) is 20.8. The average Bonchev–Trinajstić information content (AvgIpc) is 3.28. The number of esters is 1. The Morgan fingerprint density at radius 2 is 1.90 bits per heavy atom. The minimum atomic E-state index is -1.29. The van der Waals surface area contributed by atoms with E-state index in [9.17, 15) is 9.90 Å². The van der Waals surface area contributed by atoms with Gasteiger partial charge in [-0.25, -0.2) is 14.8 Å². The summed E-state index contributed by atoms with van der Waals surface area (Å²) in [6, 6.07) is 9.05. The zero-order valence-corrected chi connectivity index (χ0v) is 17.6. The van der Waals surface area contributed by atoms with E-state index >= 15 is 0 Å². The lowest BCUT2D eigenvalue weighted by molar-refractivity contribution is -0.153. The van der Waals surface area contributed by atoms with Crippen LogP contribution in [0.5, 0.6) is 0 Å². The third-order valence-electron chi connectivity index (χ3n) is 4.56. The minimum absolute atomic E-state index is 0.231. The maximum Gasteiger partial charge on any atom is 0.339 e. The highest BCUT2D eigenvalue weighted by molar-refractivity contribution is 7.08. The van der Waals surface area contributed by atoms with Crippen molar-refractivity contribution in [3.63, 3.8) is 0 Å². The number of nitrogens with one attached hydrogen (secondary N) is 1. The molecule has 29 heavy (non-hydrogen) atoms. The molecule has 3 rings (SSSR count). The Morgan fingerprint density at radius 1 is 1.14 bits per heavy atom. The number of aromatic nitrogens is 2. The van der Waals surface area contributed by atoms with E-state index in [4.69, 9.17) is 14.7 Å². The molecule has 0 saturated carbocycles. The van der Waals surface area contributed by atoms with E-state index in [1.165, 1.54) is 0 Å². The molecule has 0 fully saturated rings. The molecule has 3 aromatic rings. The van der Waals surface area contributed by atoms with Crippen LogP contribution in [0.15, 0.2) is 41.1 Å². The lowest BCUT2D eigenvalue weighted by Crippen LogP contribution is -2.15. The molecule has 0 radical (unpaired) electrons. The number of anilines is 2. The van der Waals surface area contributed by atoms with Gasteiger partial charge in [0, 0.05) is 27.9 Å². The molecule has 0 saturated heterocycles. The molecular weight excluding hydrogens is 386 g/mol. The van der Waals surface area contributed by atoms with E-state index in [0.29, 0.717) is 11.4 Å². The lowest BCUT2D eigenvalue weighted by Gasteiger charge is -2.15. The van der Waals surface area contributed by atoms with Gasteiger partial charge in [0.2, 0.25) is 0 Å². The smallest absolute Gasteiger partial charge is 0.339 e. The molecule has 0 aliphatic carbocycles. The Hall–Kier alpha value is -2.77. The van der Waals surface area contributed by atoms with Crippen LogP contribution in [0.4, 0.5) is 11.5 Å². The van der Waals surface area contributed by atoms with Gasteiger partial charge in [-0.2, -0.15) is 11.3 Å². The van der Waals surface area contributed by atoms with E-state index < -0.39 is 12.1 Å². The van der Waals surface area contributed by atoms with Crippen molar-refractivity contribution in [1.82, 2.24) is 9.97 Å². The molecule has 6 nitrogen and oxygen atoms in total. The van der Waals surface area contributed by atoms with Crippen molar-refractivity contribution in [3.8, 4) is 11.4 Å². The Labute approximate surface area is 174 Å². The van der Waals surface area contributed by atoms with Crippen molar-refractivity contribution in [3.05, 3.63) is 57.9 Å². The first-order valence-electron chi connectivity index (χ1n) is 9.71. The van der Waals surface area contributed by atoms with Gasteiger partial charge in [0.1, 0.15) is 5.82 Å². The first-order valence-corrected chi connectivity index (χ1v) is 10.7. The number of rotatable bonds is 8. The third-order valence-corrected chi connectivity index (χ3v) is 5.24. The van der Waals surface area contributed by atoms with Crippen LogP contribution in [-0.4, -0.2) is 27.7 Å². The number of aryl methyl sites for hydroxylation is 1. The van der Waals surface area contributed by atoms with E-state index in [-0.39, 0.29) is 6.61 Å². The molecule has 1 atom stereocenters. The quantitative estimate of drug-likeness (QED) is 0.524. The fraction of sp³-hybridized carbons (Fsp3) is 0.318. The summed E-state index contributed by atoms with van der Waals surface area (Å²) in [5, 5.41) is 17.5. The van der Waals surface area contributed by atoms with E-state index in [1.807, 2.05) is 29.0 Å². The second-order valence-electron chi connectivity index (χ2n) is 6.44. The number of aliphatic hydroxyl groups excluding tert-OH is 1. The summed E-state index contributed by atoms with van der Waals surface area (Å²) in [5.74, 6) is 0.835. The van der Waals surface area contributed by atoms with Gasteiger partial charge in [0.25, 0.3) is 0 Å². The SMILES string of the molecule is CCOC(=O)C(O)c1ccc(Nc2nc(-c3ccsc3)nc(CC)c2CC)cc1. The molecule has 7 heteroatoms. The van der Waals surface area contributed by atoms with Crippen molar-refractivity contribution >= 4 is 28.8 Å². The van der Waals surface area contributed by atoms with E-state index in [2.05, 4.69) is 19.2 Å². The average molecular weight is 412 g/mol. The predicted octanol–water partition coefficient (Wildman–Crippen LogP) is 4.67. The summed E-state index contributed by atoms with van der Waals surface area (Å²) < 4.78 is 4.87. The zero-order valence-electron chi connectivity index (χ0n) is 16.8. The van der Waals surface area contributed by atoms with E-state index in [1.54, 1.807) is 30.4 Å². The van der Waals surface area contributed by atoms with Crippen LogP contribution in [0.3, 0.4) is 0 Å². The summed E-state index contributed by atoms with van der Waals surface area (Å²) in [7, 11) is 0. The molecule has 2 N–H and O–H groups in total. The molecule has 2 heterocycles. The molecule has 2 aromatic heterocycles. The van der Waals surface area contributed by atoms with Gasteiger partial charge in [0.15, 0.2) is 11.9 Å². The summed E-state index contributed by atoms with van der Waals surface area (Å²) in [5.41, 5.74) is 4.42. The van der Waals surface area contributed by atoms with Crippen molar-refractivity contribution in [2.24, 2.45) is 0 Å². The van der Waals surface area contributed by atoms with Crippen molar-refractivity contribution in [2.75, 3.05) is 11.9 Å². The second-order valence-corrected chi connectivity index (χ2v) is 7.22. The Morgan fingerprint density at radius 3 is 2.48 bits per heavy atom. The maximum absolute atomic E-state index is 11.7. The highest BCUT2D eigenvalue weighted by Gasteiger charge is 2.19. The van der Waals surface area contributed by atoms with Crippen LogP contribution in [0.25, 0.3) is 11.4 Å². The van der Waals surface area contributed by atoms with Crippen molar-refractivity contribution in [1.29, 1.82) is 0 Å². The fourth-order valence-electron chi connectivity index (χ4n) is 3.06. The number of carbonyl (C=O) groups is 1. The Bertz CT molecular complexity index is 956. The maximum atomic E-state index is 11.7. The van der Waals surface area contributed by atoms with Gasteiger partial charge >= 0.3 is 5.97 Å². The summed E-state index contributed by atoms with van der Waals surface area (Å²) in [6.45, 7) is 6.12. The number of carbonyl (C=O) groups excluding carboxylic acids is 1. The molecular formula is C22H25N3O3S. The molecule has 0 spiro atoms. The summed E-state index contributed by atoms with van der Waals surface area (Å²) >= 11 is 1.62. The van der Waals surface area contributed by atoms with Gasteiger partial charge in [-0.15, -0.1) is 0 Å². The second kappa shape index (κ2) is 9.62. The van der Waals surface area contributed by atoms with Crippen LogP contribution in [0.1, 0.15) is 43.7 Å². The molecule has 0 amide bonds. The molecule has 1 aromatic carbocycles. The van der Waals surface area contributed by atoms with Gasteiger partial charge in [-0.1, -0.05) is 26.0 Å². The van der Waals surface area contributed by atoms with Crippen molar-refractivity contribution in [2.45, 2.75) is 39.7 Å². The number of hydrogen-bond donors (Lipinski definition) is 2. The highest BCUT2D eigenvalue weighted by Crippen LogP contribution is 2.28. The Balaban J connectivity index is 1.89. The van der Waals surface area contributed by atoms with Crippen LogP contribution in [0, 0.1) is 0 Å². The number of benzene rings is 1.